The van der Waals surface area contributed by atoms with Gasteiger partial charge in [0.25, 0.3) is 0 Å². The lowest BCUT2D eigenvalue weighted by molar-refractivity contribution is 0.155. The van der Waals surface area contributed by atoms with E-state index in [1.54, 1.807) is 0 Å². The quantitative estimate of drug-likeness (QED) is 0.698. The molecule has 0 spiro atoms. The number of allylic oxidation sites excluding steroid dienone is 1. The number of rotatable bonds is 3. The Kier molecular flexibility index (Phi) is 2.59. The van der Waals surface area contributed by atoms with Gasteiger partial charge in [0.05, 0.1) is 0 Å². The van der Waals surface area contributed by atoms with Crippen LogP contribution in [0.4, 0.5) is 0 Å². The minimum Gasteiger partial charge on any atom is -0.313 e. The second kappa shape index (κ2) is 3.93. The average Bonchev–Trinajstić information content (AvgIpc) is 2.75. The van der Waals surface area contributed by atoms with Gasteiger partial charge in [-0.2, -0.15) is 0 Å². The highest BCUT2D eigenvalue weighted by Crippen LogP contribution is 2.43. The third-order valence-corrected chi connectivity index (χ3v) is 5.04. The molecule has 0 aromatic carbocycles. The first kappa shape index (κ1) is 9.89. The molecule has 2 saturated carbocycles. The highest BCUT2D eigenvalue weighted by molar-refractivity contribution is 5.12. The van der Waals surface area contributed by atoms with E-state index in [-0.39, 0.29) is 0 Å². The van der Waals surface area contributed by atoms with Crippen LogP contribution in [-0.4, -0.2) is 12.6 Å². The molecular weight excluding hydrogens is 182 g/mol. The van der Waals surface area contributed by atoms with Crippen molar-refractivity contribution in [3.05, 3.63) is 12.2 Å². The molecule has 5 atom stereocenters. The van der Waals surface area contributed by atoms with Crippen LogP contribution in [0.3, 0.4) is 0 Å². The summed E-state index contributed by atoms with van der Waals surface area (Å²) in [6, 6.07) is 0.821. The summed E-state index contributed by atoms with van der Waals surface area (Å²) < 4.78 is 0. The number of hydrogen-bond acceptors (Lipinski definition) is 1. The van der Waals surface area contributed by atoms with Gasteiger partial charge in [0.15, 0.2) is 0 Å². The molecule has 1 heteroatoms. The third-order valence-electron chi connectivity index (χ3n) is 5.04. The summed E-state index contributed by atoms with van der Waals surface area (Å²) in [5, 5.41) is 3.81. The fraction of sp³-hybridized carbons (Fsp3) is 0.857. The van der Waals surface area contributed by atoms with E-state index in [1.807, 2.05) is 0 Å². The Balaban J connectivity index is 1.45. The van der Waals surface area contributed by atoms with Crippen LogP contribution in [0.15, 0.2) is 12.2 Å². The number of hydrogen-bond donors (Lipinski definition) is 1. The molecule has 0 saturated heterocycles. The maximum atomic E-state index is 3.81. The van der Waals surface area contributed by atoms with Crippen LogP contribution in [0.1, 0.15) is 39.0 Å². The Hall–Kier alpha value is -0.300. The number of nitrogens with one attached hydrogen (secondary N) is 1. The van der Waals surface area contributed by atoms with Gasteiger partial charge in [-0.1, -0.05) is 31.9 Å². The molecule has 5 unspecified atom stereocenters. The Bertz CT molecular complexity index is 258. The minimum atomic E-state index is 0.821. The van der Waals surface area contributed by atoms with Gasteiger partial charge in [-0.15, -0.1) is 0 Å². The van der Waals surface area contributed by atoms with E-state index in [4.69, 9.17) is 0 Å². The molecule has 3 aliphatic rings. The summed E-state index contributed by atoms with van der Waals surface area (Å²) >= 11 is 0. The fourth-order valence-corrected chi connectivity index (χ4v) is 3.78. The molecular formula is C14H23N. The lowest BCUT2D eigenvalue weighted by atomic mass is 9.71. The van der Waals surface area contributed by atoms with Gasteiger partial charge in [0, 0.05) is 6.04 Å². The maximum absolute atomic E-state index is 3.81. The zero-order chi connectivity index (χ0) is 10.3. The van der Waals surface area contributed by atoms with Gasteiger partial charge in [-0.05, 0) is 49.5 Å². The van der Waals surface area contributed by atoms with Crippen LogP contribution < -0.4 is 5.32 Å². The van der Waals surface area contributed by atoms with Gasteiger partial charge in [0.1, 0.15) is 0 Å². The summed E-state index contributed by atoms with van der Waals surface area (Å²) in [6.07, 6.45) is 12.0. The lowest BCUT2D eigenvalue weighted by Gasteiger charge is -2.41. The standard InChI is InChI=1S/C14H23N/c1-10-4-2-6-12(10)9-15-14-8-11-5-3-7-13(11)14/h3,7,10-15H,2,4-6,8-9H2,1H3. The Morgan fingerprint density at radius 1 is 1.33 bits per heavy atom. The highest BCUT2D eigenvalue weighted by Gasteiger charge is 2.40. The molecule has 1 nitrogen and oxygen atoms in total. The van der Waals surface area contributed by atoms with Crippen molar-refractivity contribution in [3.63, 3.8) is 0 Å². The summed E-state index contributed by atoms with van der Waals surface area (Å²) in [5.41, 5.74) is 0. The van der Waals surface area contributed by atoms with Gasteiger partial charge in [-0.25, -0.2) is 0 Å². The van der Waals surface area contributed by atoms with Gasteiger partial charge < -0.3 is 5.32 Å². The topological polar surface area (TPSA) is 12.0 Å². The molecule has 3 aliphatic carbocycles. The van der Waals surface area contributed by atoms with Crippen molar-refractivity contribution in [1.29, 1.82) is 0 Å². The van der Waals surface area contributed by atoms with Crippen molar-refractivity contribution < 1.29 is 0 Å². The normalized spacial score (nSPS) is 47.9. The molecule has 1 N–H and O–H groups in total. The molecule has 84 valence electrons. The van der Waals surface area contributed by atoms with E-state index in [0.717, 1.165) is 29.7 Å². The average molecular weight is 205 g/mol. The molecule has 0 radical (unpaired) electrons. The van der Waals surface area contributed by atoms with Crippen LogP contribution in [0.5, 0.6) is 0 Å². The van der Waals surface area contributed by atoms with Crippen LogP contribution in [0.2, 0.25) is 0 Å². The zero-order valence-corrected chi connectivity index (χ0v) is 9.78. The molecule has 0 amide bonds. The molecule has 0 aromatic heterocycles. The van der Waals surface area contributed by atoms with Gasteiger partial charge >= 0.3 is 0 Å². The first-order valence-electron chi connectivity index (χ1n) is 6.74. The second-order valence-corrected chi connectivity index (χ2v) is 5.92. The Labute approximate surface area is 93.3 Å². The van der Waals surface area contributed by atoms with E-state index in [9.17, 15) is 0 Å². The molecule has 0 heterocycles. The molecule has 0 aromatic rings. The number of fused-ring (bicyclic) bond motifs is 1. The largest absolute Gasteiger partial charge is 0.313 e. The van der Waals surface area contributed by atoms with Crippen LogP contribution in [-0.2, 0) is 0 Å². The minimum absolute atomic E-state index is 0.821. The summed E-state index contributed by atoms with van der Waals surface area (Å²) in [6.45, 7) is 3.71. The first-order valence-corrected chi connectivity index (χ1v) is 6.74. The molecule has 0 aliphatic heterocycles. The first-order chi connectivity index (χ1) is 7.34. The van der Waals surface area contributed by atoms with Crippen molar-refractivity contribution in [2.45, 2.75) is 45.1 Å². The van der Waals surface area contributed by atoms with Crippen molar-refractivity contribution in [2.24, 2.45) is 23.7 Å². The highest BCUT2D eigenvalue weighted by atomic mass is 14.9. The van der Waals surface area contributed by atoms with Crippen molar-refractivity contribution in [3.8, 4) is 0 Å². The molecule has 3 rings (SSSR count). The monoisotopic (exact) mass is 205 g/mol. The van der Waals surface area contributed by atoms with Crippen molar-refractivity contribution in [2.75, 3.05) is 6.54 Å². The van der Waals surface area contributed by atoms with Crippen molar-refractivity contribution >= 4 is 0 Å². The van der Waals surface area contributed by atoms with Crippen molar-refractivity contribution in [1.82, 2.24) is 5.32 Å². The summed E-state index contributed by atoms with van der Waals surface area (Å²) in [5.74, 6) is 3.83. The van der Waals surface area contributed by atoms with Crippen LogP contribution in [0.25, 0.3) is 0 Å². The third kappa shape index (κ3) is 1.75. The Morgan fingerprint density at radius 3 is 3.00 bits per heavy atom. The predicted octanol–water partition coefficient (Wildman–Crippen LogP) is 2.98. The fourth-order valence-electron chi connectivity index (χ4n) is 3.78. The second-order valence-electron chi connectivity index (χ2n) is 5.92. The van der Waals surface area contributed by atoms with E-state index in [2.05, 4.69) is 24.4 Å². The Morgan fingerprint density at radius 2 is 2.27 bits per heavy atom. The van der Waals surface area contributed by atoms with Gasteiger partial charge in [-0.3, -0.25) is 0 Å². The van der Waals surface area contributed by atoms with E-state index in [1.165, 1.54) is 38.6 Å². The molecule has 2 fully saturated rings. The van der Waals surface area contributed by atoms with Crippen LogP contribution in [0, 0.1) is 23.7 Å². The summed E-state index contributed by atoms with van der Waals surface area (Å²) in [7, 11) is 0. The predicted molar refractivity (Wildman–Crippen MR) is 63.6 cm³/mol. The van der Waals surface area contributed by atoms with E-state index < -0.39 is 0 Å². The zero-order valence-electron chi connectivity index (χ0n) is 9.78. The molecule has 15 heavy (non-hydrogen) atoms. The molecule has 0 bridgehead atoms. The maximum Gasteiger partial charge on any atom is 0.0136 e. The van der Waals surface area contributed by atoms with Gasteiger partial charge in [0.2, 0.25) is 0 Å². The van der Waals surface area contributed by atoms with Crippen LogP contribution >= 0.6 is 0 Å². The smallest absolute Gasteiger partial charge is 0.0136 e. The van der Waals surface area contributed by atoms with E-state index >= 15 is 0 Å². The summed E-state index contributed by atoms with van der Waals surface area (Å²) in [4.78, 5) is 0. The lowest BCUT2D eigenvalue weighted by Crippen LogP contribution is -2.49. The van der Waals surface area contributed by atoms with E-state index in [0.29, 0.717) is 0 Å². The SMILES string of the molecule is CC1CCCC1CNC1CC2CC=CC21.